The normalized spacial score (nSPS) is 12.2. The third-order valence-corrected chi connectivity index (χ3v) is 5.85. The number of benzene rings is 2. The quantitative estimate of drug-likeness (QED) is 0.392. The second-order valence-electron chi connectivity index (χ2n) is 7.59. The molecule has 0 aliphatic carbocycles. The minimum absolute atomic E-state index is 0.232. The van der Waals surface area contributed by atoms with E-state index in [0.29, 0.717) is 22.6 Å². The molecule has 5 rings (SSSR count). The molecule has 0 aliphatic rings. The molecule has 0 radical (unpaired) electrons. The Kier molecular flexibility index (Phi) is 5.17. The largest absolute Gasteiger partial charge is 0.457 e. The van der Waals surface area contributed by atoms with Crippen LogP contribution < -0.4 is 10.1 Å². The zero-order chi connectivity index (χ0) is 23.1. The number of ether oxygens (including phenoxy) is 1. The summed E-state index contributed by atoms with van der Waals surface area (Å²) in [6.45, 7) is 3.97. The lowest BCUT2D eigenvalue weighted by Crippen LogP contribution is -2.02. The fraction of sp³-hybridized carbons (Fsp3) is 0.182. The maximum Gasteiger partial charge on any atom is 0.218 e. The lowest BCUT2D eigenvalue weighted by Gasteiger charge is -2.13. The summed E-state index contributed by atoms with van der Waals surface area (Å²) >= 11 is 0. The topological polar surface area (TPSA) is 121 Å². The first kappa shape index (κ1) is 20.9. The van der Waals surface area contributed by atoms with Gasteiger partial charge in [0.15, 0.2) is 5.82 Å². The van der Waals surface area contributed by atoms with E-state index in [0.717, 1.165) is 33.6 Å². The first-order valence-corrected chi connectivity index (χ1v) is 11.6. The highest BCUT2D eigenvalue weighted by atomic mass is 32.2. The van der Waals surface area contributed by atoms with Gasteiger partial charge < -0.3 is 10.1 Å². The van der Waals surface area contributed by atoms with Crippen molar-refractivity contribution in [3.05, 3.63) is 54.0 Å². The van der Waals surface area contributed by atoms with Gasteiger partial charge in [0.2, 0.25) is 5.16 Å². The van der Waals surface area contributed by atoms with Gasteiger partial charge in [0.25, 0.3) is 0 Å². The van der Waals surface area contributed by atoms with Gasteiger partial charge in [-0.1, -0.05) is 5.21 Å². The van der Waals surface area contributed by atoms with Crippen LogP contribution in [-0.2, 0) is 17.8 Å². The highest BCUT2D eigenvalue weighted by Crippen LogP contribution is 2.31. The van der Waals surface area contributed by atoms with Gasteiger partial charge in [-0.3, -0.25) is 4.21 Å². The van der Waals surface area contributed by atoms with Crippen LogP contribution in [0.25, 0.3) is 22.1 Å². The summed E-state index contributed by atoms with van der Waals surface area (Å²) < 4.78 is 19.7. The summed E-state index contributed by atoms with van der Waals surface area (Å²) in [5, 5.41) is 11.8. The molecule has 0 saturated carbocycles. The molecule has 0 spiro atoms. The Morgan fingerprint density at radius 1 is 1.03 bits per heavy atom. The summed E-state index contributed by atoms with van der Waals surface area (Å²) in [4.78, 5) is 16.9. The van der Waals surface area contributed by atoms with Crippen LogP contribution in [-0.4, -0.2) is 45.4 Å². The van der Waals surface area contributed by atoms with E-state index >= 15 is 0 Å². The zero-order valence-electron chi connectivity index (χ0n) is 18.4. The molecule has 10 nitrogen and oxygen atoms in total. The Morgan fingerprint density at radius 3 is 2.67 bits per heavy atom. The minimum atomic E-state index is -1.31. The van der Waals surface area contributed by atoms with Crippen molar-refractivity contribution in [3.63, 3.8) is 0 Å². The van der Waals surface area contributed by atoms with Gasteiger partial charge in [-0.25, -0.2) is 24.6 Å². The van der Waals surface area contributed by atoms with Crippen LogP contribution in [0.2, 0.25) is 0 Å². The molecule has 0 aliphatic heterocycles. The Hall–Kier alpha value is -3.99. The van der Waals surface area contributed by atoms with Gasteiger partial charge in [-0.15, -0.1) is 5.10 Å². The van der Waals surface area contributed by atoms with Crippen LogP contribution in [0.1, 0.15) is 11.1 Å². The van der Waals surface area contributed by atoms with Crippen LogP contribution in [0.5, 0.6) is 11.5 Å². The average Bonchev–Trinajstić information content (AvgIpc) is 3.16. The minimum Gasteiger partial charge on any atom is -0.457 e. The van der Waals surface area contributed by atoms with Crippen molar-refractivity contribution in [1.29, 1.82) is 0 Å². The van der Waals surface area contributed by atoms with Crippen molar-refractivity contribution in [2.45, 2.75) is 19.0 Å². The Bertz CT molecular complexity index is 1550. The lowest BCUT2D eigenvalue weighted by molar-refractivity contribution is 0.479. The summed E-state index contributed by atoms with van der Waals surface area (Å²) in [6.07, 6.45) is 4.51. The molecule has 0 amide bonds. The highest BCUT2D eigenvalue weighted by Gasteiger charge is 2.12. The van der Waals surface area contributed by atoms with Crippen LogP contribution in [0, 0.1) is 13.8 Å². The molecule has 11 heteroatoms. The molecule has 0 saturated heterocycles. The number of hydrogen-bond donors (Lipinski definition) is 1. The predicted molar refractivity (Wildman–Crippen MR) is 125 cm³/mol. The number of hydrogen-bond acceptors (Lipinski definition) is 9. The molecule has 5 aromatic rings. The van der Waals surface area contributed by atoms with Gasteiger partial charge in [0, 0.05) is 25.1 Å². The Morgan fingerprint density at radius 2 is 1.88 bits per heavy atom. The molecule has 2 aromatic carbocycles. The summed E-state index contributed by atoms with van der Waals surface area (Å²) in [7, 11) is 0.562. The number of nitrogens with one attached hydrogen (secondary N) is 1. The van der Waals surface area contributed by atoms with Crippen molar-refractivity contribution in [1.82, 2.24) is 34.9 Å². The molecule has 0 fully saturated rings. The van der Waals surface area contributed by atoms with Crippen LogP contribution >= 0.6 is 0 Å². The smallest absolute Gasteiger partial charge is 0.218 e. The Balaban J connectivity index is 1.43. The molecule has 3 heterocycles. The monoisotopic (exact) mass is 460 g/mol. The van der Waals surface area contributed by atoms with Gasteiger partial charge in [0.1, 0.15) is 34.4 Å². The standard InChI is InChI=1S/C22H20N8O2S/c1-12-7-14(26-21-19-17(24-11-25-21)10-23-22(27-19)33(4)31)5-6-18(12)32-15-8-13(2)20-16(9-15)28-29-30(20)3/h5-11H,1-4H3,(H,24,25,26). The lowest BCUT2D eigenvalue weighted by atomic mass is 10.1. The number of aryl methyl sites for hydroxylation is 3. The van der Waals surface area contributed by atoms with E-state index in [4.69, 9.17) is 4.74 Å². The highest BCUT2D eigenvalue weighted by molar-refractivity contribution is 7.84. The fourth-order valence-electron chi connectivity index (χ4n) is 3.62. The van der Waals surface area contributed by atoms with Crippen molar-refractivity contribution in [3.8, 4) is 11.5 Å². The second-order valence-corrected chi connectivity index (χ2v) is 8.86. The molecule has 166 valence electrons. The number of aromatic nitrogens is 7. The fourth-order valence-corrected chi connectivity index (χ4v) is 4.04. The average molecular weight is 461 g/mol. The second kappa shape index (κ2) is 8.17. The first-order chi connectivity index (χ1) is 15.9. The van der Waals surface area contributed by atoms with E-state index in [1.807, 2.05) is 51.2 Å². The van der Waals surface area contributed by atoms with Crippen molar-refractivity contribution in [2.75, 3.05) is 11.6 Å². The summed E-state index contributed by atoms with van der Waals surface area (Å²) in [5.74, 6) is 1.93. The third kappa shape index (κ3) is 3.98. The summed E-state index contributed by atoms with van der Waals surface area (Å²) in [5.41, 5.74) is 5.61. The van der Waals surface area contributed by atoms with Gasteiger partial charge in [-0.05, 0) is 49.2 Å². The first-order valence-electron chi connectivity index (χ1n) is 10.1. The number of nitrogens with zero attached hydrogens (tertiary/aromatic N) is 7. The van der Waals surface area contributed by atoms with Crippen molar-refractivity contribution in [2.24, 2.45) is 7.05 Å². The zero-order valence-corrected chi connectivity index (χ0v) is 19.2. The van der Waals surface area contributed by atoms with E-state index in [9.17, 15) is 4.21 Å². The molecule has 1 atom stereocenters. The van der Waals surface area contributed by atoms with Crippen molar-refractivity contribution < 1.29 is 8.95 Å². The molecule has 3 aromatic heterocycles. The van der Waals surface area contributed by atoms with Crippen LogP contribution in [0.3, 0.4) is 0 Å². The molecule has 33 heavy (non-hydrogen) atoms. The summed E-state index contributed by atoms with van der Waals surface area (Å²) in [6, 6.07) is 9.59. The van der Waals surface area contributed by atoms with Crippen molar-refractivity contribution >= 4 is 44.4 Å². The number of rotatable bonds is 5. The maximum atomic E-state index is 11.8. The number of fused-ring (bicyclic) bond motifs is 2. The van der Waals surface area contributed by atoms with Crippen LogP contribution in [0.4, 0.5) is 11.5 Å². The Labute approximate surface area is 191 Å². The SMILES string of the molecule is Cc1cc(Nc2ncnc3cnc(S(C)=O)nc23)ccc1Oc1cc(C)c2c(c1)nnn2C. The third-order valence-electron chi connectivity index (χ3n) is 5.14. The maximum absolute atomic E-state index is 11.8. The predicted octanol–water partition coefficient (Wildman–Crippen LogP) is 3.59. The van der Waals surface area contributed by atoms with Gasteiger partial charge >= 0.3 is 0 Å². The van der Waals surface area contributed by atoms with Gasteiger partial charge in [-0.2, -0.15) is 0 Å². The molecule has 1 unspecified atom stereocenters. The molecule has 1 N–H and O–H groups in total. The van der Waals surface area contributed by atoms with E-state index in [-0.39, 0.29) is 5.16 Å². The number of anilines is 2. The molecular weight excluding hydrogens is 440 g/mol. The molecule has 0 bridgehead atoms. The van der Waals surface area contributed by atoms with Crippen LogP contribution in [0.15, 0.2) is 48.0 Å². The van der Waals surface area contributed by atoms with E-state index in [1.165, 1.54) is 12.6 Å². The van der Waals surface area contributed by atoms with E-state index in [2.05, 4.69) is 35.6 Å². The van der Waals surface area contributed by atoms with E-state index in [1.54, 1.807) is 10.9 Å². The van der Waals surface area contributed by atoms with Gasteiger partial charge in [0.05, 0.1) is 22.5 Å². The van der Waals surface area contributed by atoms with E-state index < -0.39 is 10.8 Å². The molecular formula is C22H20N8O2S.